The van der Waals surface area contributed by atoms with Crippen molar-refractivity contribution < 1.29 is 13.2 Å². The van der Waals surface area contributed by atoms with Gasteiger partial charge in [0.25, 0.3) is 0 Å². The van der Waals surface area contributed by atoms with Gasteiger partial charge in [0.15, 0.2) is 0 Å². The van der Waals surface area contributed by atoms with Crippen LogP contribution in [0.25, 0.3) is 0 Å². The summed E-state index contributed by atoms with van der Waals surface area (Å²) in [5, 5.41) is 0. The van der Waals surface area contributed by atoms with Gasteiger partial charge in [-0.05, 0) is 19.1 Å². The SMILES string of the molecule is C[C@H](C(=O)N(C)C)N(c1ccccc1)S(C)(=O)=O. The van der Waals surface area contributed by atoms with Crippen LogP contribution in [-0.4, -0.2) is 45.6 Å². The Labute approximate surface area is 108 Å². The number of rotatable bonds is 4. The van der Waals surface area contributed by atoms with Gasteiger partial charge in [0.1, 0.15) is 6.04 Å². The van der Waals surface area contributed by atoms with Crippen molar-refractivity contribution in [2.24, 2.45) is 0 Å². The van der Waals surface area contributed by atoms with Crippen LogP contribution in [0.15, 0.2) is 30.3 Å². The van der Waals surface area contributed by atoms with Crippen LogP contribution in [0.2, 0.25) is 0 Å². The molecule has 1 aromatic rings. The van der Waals surface area contributed by atoms with E-state index in [1.54, 1.807) is 51.4 Å². The fourth-order valence-corrected chi connectivity index (χ4v) is 2.92. The minimum Gasteiger partial charge on any atom is -0.347 e. The number of hydrogen-bond acceptors (Lipinski definition) is 3. The van der Waals surface area contributed by atoms with Gasteiger partial charge in [0.05, 0.1) is 11.9 Å². The van der Waals surface area contributed by atoms with Crippen LogP contribution in [0.5, 0.6) is 0 Å². The van der Waals surface area contributed by atoms with E-state index in [-0.39, 0.29) is 5.91 Å². The molecular weight excluding hydrogens is 252 g/mol. The molecule has 1 atom stereocenters. The minimum atomic E-state index is -3.51. The Hall–Kier alpha value is -1.56. The van der Waals surface area contributed by atoms with Gasteiger partial charge in [-0.1, -0.05) is 18.2 Å². The lowest BCUT2D eigenvalue weighted by Crippen LogP contribution is -2.47. The van der Waals surface area contributed by atoms with Crippen LogP contribution in [-0.2, 0) is 14.8 Å². The quantitative estimate of drug-likeness (QED) is 0.818. The van der Waals surface area contributed by atoms with Gasteiger partial charge in [-0.3, -0.25) is 9.10 Å². The summed E-state index contributed by atoms with van der Waals surface area (Å²) in [5.74, 6) is -0.260. The third-order valence-corrected chi connectivity index (χ3v) is 3.76. The Morgan fingerprint density at radius 2 is 1.67 bits per heavy atom. The topological polar surface area (TPSA) is 57.7 Å². The van der Waals surface area contributed by atoms with Crippen molar-refractivity contribution in [1.82, 2.24) is 4.90 Å². The Morgan fingerprint density at radius 1 is 1.17 bits per heavy atom. The summed E-state index contributed by atoms with van der Waals surface area (Å²) in [6.45, 7) is 1.58. The molecule has 0 aliphatic carbocycles. The molecule has 0 unspecified atom stereocenters. The van der Waals surface area contributed by atoms with E-state index < -0.39 is 16.1 Å². The highest BCUT2D eigenvalue weighted by atomic mass is 32.2. The lowest BCUT2D eigenvalue weighted by molar-refractivity contribution is -0.129. The maximum Gasteiger partial charge on any atom is 0.245 e. The predicted molar refractivity (Wildman–Crippen MR) is 71.9 cm³/mol. The van der Waals surface area contributed by atoms with Crippen molar-refractivity contribution in [2.45, 2.75) is 13.0 Å². The van der Waals surface area contributed by atoms with E-state index in [0.717, 1.165) is 10.6 Å². The molecule has 18 heavy (non-hydrogen) atoms. The van der Waals surface area contributed by atoms with Gasteiger partial charge in [0.2, 0.25) is 15.9 Å². The number of hydrogen-bond donors (Lipinski definition) is 0. The summed E-state index contributed by atoms with van der Waals surface area (Å²) < 4.78 is 24.8. The van der Waals surface area contributed by atoms with Gasteiger partial charge < -0.3 is 4.90 Å². The largest absolute Gasteiger partial charge is 0.347 e. The average Bonchev–Trinajstić information content (AvgIpc) is 2.27. The first-order valence-electron chi connectivity index (χ1n) is 5.50. The zero-order chi connectivity index (χ0) is 13.9. The van der Waals surface area contributed by atoms with Gasteiger partial charge in [-0.2, -0.15) is 0 Å². The standard InChI is InChI=1S/C12H18N2O3S/c1-10(12(15)13(2)3)14(18(4,16)17)11-8-6-5-7-9-11/h5-10H,1-4H3/t10-/m1/s1. The highest BCUT2D eigenvalue weighted by Gasteiger charge is 2.29. The molecule has 0 fully saturated rings. The van der Waals surface area contributed by atoms with Crippen LogP contribution in [0.1, 0.15) is 6.92 Å². The Morgan fingerprint density at radius 3 is 2.06 bits per heavy atom. The average molecular weight is 270 g/mol. The fraction of sp³-hybridized carbons (Fsp3) is 0.417. The molecule has 0 spiro atoms. The first-order chi connectivity index (χ1) is 8.25. The van der Waals surface area contributed by atoms with Crippen LogP contribution in [0.3, 0.4) is 0 Å². The Balaban J connectivity index is 3.21. The number of anilines is 1. The molecule has 100 valence electrons. The molecule has 0 saturated carbocycles. The number of likely N-dealkylation sites (N-methyl/N-ethyl adjacent to an activating group) is 1. The van der Waals surface area contributed by atoms with Crippen molar-refractivity contribution in [3.63, 3.8) is 0 Å². The number of carbonyl (C=O) groups is 1. The second-order valence-electron chi connectivity index (χ2n) is 4.30. The third kappa shape index (κ3) is 3.22. The van der Waals surface area contributed by atoms with Crippen molar-refractivity contribution in [3.8, 4) is 0 Å². The van der Waals surface area contributed by atoms with Gasteiger partial charge >= 0.3 is 0 Å². The molecule has 1 amide bonds. The van der Waals surface area contributed by atoms with Crippen molar-refractivity contribution in [3.05, 3.63) is 30.3 Å². The molecule has 0 aliphatic rings. The molecular formula is C12H18N2O3S. The van der Waals surface area contributed by atoms with E-state index in [1.807, 2.05) is 0 Å². The van der Waals surface area contributed by atoms with Crippen molar-refractivity contribution >= 4 is 21.6 Å². The molecule has 0 radical (unpaired) electrons. The van der Waals surface area contributed by atoms with Gasteiger partial charge in [0, 0.05) is 14.1 Å². The van der Waals surface area contributed by atoms with Crippen molar-refractivity contribution in [1.29, 1.82) is 0 Å². The molecule has 6 heteroatoms. The van der Waals surface area contributed by atoms with E-state index in [2.05, 4.69) is 0 Å². The van der Waals surface area contributed by atoms with Gasteiger partial charge in [-0.15, -0.1) is 0 Å². The van der Waals surface area contributed by atoms with Crippen molar-refractivity contribution in [2.75, 3.05) is 24.7 Å². The molecule has 1 aromatic carbocycles. The predicted octanol–water partition coefficient (Wildman–Crippen LogP) is 0.929. The number of nitrogens with zero attached hydrogens (tertiary/aromatic N) is 2. The first-order valence-corrected chi connectivity index (χ1v) is 7.35. The zero-order valence-electron chi connectivity index (χ0n) is 11.0. The third-order valence-electron chi connectivity index (χ3n) is 2.52. The number of benzene rings is 1. The van der Waals surface area contributed by atoms with E-state index in [4.69, 9.17) is 0 Å². The Kier molecular flexibility index (Phi) is 4.34. The molecule has 0 heterocycles. The molecule has 0 saturated heterocycles. The van der Waals surface area contributed by atoms with Crippen LogP contribution in [0.4, 0.5) is 5.69 Å². The molecule has 0 N–H and O–H groups in total. The maximum atomic E-state index is 11.9. The lowest BCUT2D eigenvalue weighted by Gasteiger charge is -2.29. The van der Waals surface area contributed by atoms with Crippen LogP contribution >= 0.6 is 0 Å². The summed E-state index contributed by atoms with van der Waals surface area (Å²) in [6, 6.07) is 7.84. The highest BCUT2D eigenvalue weighted by molar-refractivity contribution is 7.92. The summed E-state index contributed by atoms with van der Waals surface area (Å²) >= 11 is 0. The van der Waals surface area contributed by atoms with Crippen LogP contribution < -0.4 is 4.31 Å². The van der Waals surface area contributed by atoms with E-state index >= 15 is 0 Å². The first kappa shape index (κ1) is 14.5. The number of amides is 1. The lowest BCUT2D eigenvalue weighted by atomic mass is 10.2. The Bertz CT molecular complexity index is 511. The molecule has 1 rings (SSSR count). The van der Waals surface area contributed by atoms with Gasteiger partial charge in [-0.25, -0.2) is 8.42 Å². The summed E-state index contributed by atoms with van der Waals surface area (Å²) in [6.07, 6.45) is 1.10. The van der Waals surface area contributed by atoms with E-state index in [1.165, 1.54) is 4.90 Å². The number of sulfonamides is 1. The number of carbonyl (C=O) groups excluding carboxylic acids is 1. The maximum absolute atomic E-state index is 11.9. The molecule has 0 bridgehead atoms. The second kappa shape index (κ2) is 5.39. The molecule has 0 aromatic heterocycles. The minimum absolute atomic E-state index is 0.260. The highest BCUT2D eigenvalue weighted by Crippen LogP contribution is 2.20. The molecule has 5 nitrogen and oxygen atoms in total. The number of para-hydroxylation sites is 1. The zero-order valence-corrected chi connectivity index (χ0v) is 11.8. The second-order valence-corrected chi connectivity index (χ2v) is 6.16. The van der Waals surface area contributed by atoms with E-state index in [0.29, 0.717) is 5.69 Å². The normalized spacial score (nSPS) is 12.9. The smallest absolute Gasteiger partial charge is 0.245 e. The monoisotopic (exact) mass is 270 g/mol. The van der Waals surface area contributed by atoms with Crippen LogP contribution in [0, 0.1) is 0 Å². The summed E-state index contributed by atoms with van der Waals surface area (Å²) in [7, 11) is -0.307. The summed E-state index contributed by atoms with van der Waals surface area (Å²) in [4.78, 5) is 13.3. The molecule has 0 aliphatic heterocycles. The summed E-state index contributed by atoms with van der Waals surface area (Å²) in [5.41, 5.74) is 0.489. The fourth-order valence-electron chi connectivity index (χ4n) is 1.75. The van der Waals surface area contributed by atoms with E-state index in [9.17, 15) is 13.2 Å².